The molecular formula is C25H32. The van der Waals surface area contributed by atoms with Gasteiger partial charge in [-0.3, -0.25) is 0 Å². The van der Waals surface area contributed by atoms with E-state index in [1.54, 1.807) is 5.57 Å². The summed E-state index contributed by atoms with van der Waals surface area (Å²) in [6.07, 6.45) is 17.1. The van der Waals surface area contributed by atoms with E-state index in [0.29, 0.717) is 0 Å². The topological polar surface area (TPSA) is 0 Å². The van der Waals surface area contributed by atoms with Gasteiger partial charge in [-0.15, -0.1) is 0 Å². The first-order valence-electron chi connectivity index (χ1n) is 9.39. The standard InChI is InChI=1S/C25H32/c1-6-20(2)12-10-16-23(22-14-8-7-9-15-22)17-18-24-21(3)13-11-19-25(24,4)5/h6-10,12,14-18H,11,13,19H2,1-5H3/b12-10+,18-17+,20-6-,23-16+. The number of hydrogen-bond acceptors (Lipinski definition) is 0. The lowest BCUT2D eigenvalue weighted by molar-refractivity contribution is 0.377. The van der Waals surface area contributed by atoms with Gasteiger partial charge in [0.15, 0.2) is 0 Å². The van der Waals surface area contributed by atoms with Gasteiger partial charge >= 0.3 is 0 Å². The van der Waals surface area contributed by atoms with Gasteiger partial charge in [-0.1, -0.05) is 91.8 Å². The van der Waals surface area contributed by atoms with Crippen molar-refractivity contribution >= 4 is 5.57 Å². The van der Waals surface area contributed by atoms with Crippen LogP contribution in [0.1, 0.15) is 59.4 Å². The Hall–Kier alpha value is -2.08. The zero-order valence-electron chi connectivity index (χ0n) is 16.5. The second-order valence-corrected chi connectivity index (χ2v) is 7.64. The van der Waals surface area contributed by atoms with Crippen LogP contribution in [0.15, 0.2) is 83.5 Å². The zero-order valence-corrected chi connectivity index (χ0v) is 16.5. The molecule has 0 fully saturated rings. The van der Waals surface area contributed by atoms with Crippen LogP contribution in [-0.4, -0.2) is 0 Å². The average molecular weight is 333 g/mol. The molecule has 0 amide bonds. The third-order valence-corrected chi connectivity index (χ3v) is 5.17. The summed E-state index contributed by atoms with van der Waals surface area (Å²) >= 11 is 0. The van der Waals surface area contributed by atoms with Gasteiger partial charge in [0.25, 0.3) is 0 Å². The van der Waals surface area contributed by atoms with Crippen molar-refractivity contribution in [3.63, 3.8) is 0 Å². The van der Waals surface area contributed by atoms with Crippen LogP contribution in [0.3, 0.4) is 0 Å². The molecule has 132 valence electrons. The molecule has 0 bridgehead atoms. The van der Waals surface area contributed by atoms with Crippen molar-refractivity contribution < 1.29 is 0 Å². The zero-order chi connectivity index (χ0) is 18.3. The summed E-state index contributed by atoms with van der Waals surface area (Å²) in [6, 6.07) is 10.6. The molecule has 0 radical (unpaired) electrons. The molecule has 0 nitrogen and oxygen atoms in total. The van der Waals surface area contributed by atoms with E-state index < -0.39 is 0 Å². The van der Waals surface area contributed by atoms with Gasteiger partial charge in [-0.25, -0.2) is 0 Å². The quantitative estimate of drug-likeness (QED) is 0.485. The maximum Gasteiger partial charge on any atom is -0.0104 e. The van der Waals surface area contributed by atoms with E-state index in [1.165, 1.54) is 41.5 Å². The molecule has 0 saturated heterocycles. The number of hydrogen-bond donors (Lipinski definition) is 0. The van der Waals surface area contributed by atoms with Gasteiger partial charge in [0.2, 0.25) is 0 Å². The molecule has 0 spiro atoms. The third kappa shape index (κ3) is 5.46. The highest BCUT2D eigenvalue weighted by atomic mass is 14.3. The SMILES string of the molecule is C\C=C(C)/C=C/C=C(\C=C\C1=C(C)CCCC1(C)C)c1ccccc1. The molecule has 0 heterocycles. The van der Waals surface area contributed by atoms with E-state index in [4.69, 9.17) is 0 Å². The Morgan fingerprint density at radius 3 is 2.44 bits per heavy atom. The number of benzene rings is 1. The Balaban J connectivity index is 2.37. The fraction of sp³-hybridized carbons (Fsp3) is 0.360. The van der Waals surface area contributed by atoms with Crippen LogP contribution in [0.2, 0.25) is 0 Å². The van der Waals surface area contributed by atoms with Crippen molar-refractivity contribution in [2.75, 3.05) is 0 Å². The van der Waals surface area contributed by atoms with Gasteiger partial charge in [0.1, 0.15) is 0 Å². The molecule has 0 aromatic heterocycles. The van der Waals surface area contributed by atoms with Crippen LogP contribution in [0.4, 0.5) is 0 Å². The molecule has 1 aromatic carbocycles. The smallest absolute Gasteiger partial charge is 0.0104 e. The van der Waals surface area contributed by atoms with Crippen molar-refractivity contribution in [3.05, 3.63) is 89.1 Å². The molecule has 0 aliphatic heterocycles. The lowest BCUT2D eigenvalue weighted by atomic mass is 9.72. The maximum absolute atomic E-state index is 2.37. The number of rotatable bonds is 5. The fourth-order valence-corrected chi connectivity index (χ4v) is 3.46. The summed E-state index contributed by atoms with van der Waals surface area (Å²) in [5.41, 5.74) is 7.11. The van der Waals surface area contributed by atoms with Crippen molar-refractivity contribution in [2.45, 2.75) is 53.9 Å². The average Bonchev–Trinajstić information content (AvgIpc) is 2.59. The minimum absolute atomic E-state index is 0.276. The first kappa shape index (κ1) is 19.2. The van der Waals surface area contributed by atoms with Gasteiger partial charge < -0.3 is 0 Å². The maximum atomic E-state index is 2.37. The molecule has 1 aliphatic carbocycles. The van der Waals surface area contributed by atoms with Gasteiger partial charge in [0.05, 0.1) is 0 Å². The first-order chi connectivity index (χ1) is 11.9. The summed E-state index contributed by atoms with van der Waals surface area (Å²) in [5, 5.41) is 0. The van der Waals surface area contributed by atoms with Crippen LogP contribution < -0.4 is 0 Å². The highest BCUT2D eigenvalue weighted by Crippen LogP contribution is 2.41. The monoisotopic (exact) mass is 332 g/mol. The van der Waals surface area contributed by atoms with Crippen LogP contribution in [-0.2, 0) is 0 Å². The molecular weight excluding hydrogens is 300 g/mol. The van der Waals surface area contributed by atoms with E-state index in [-0.39, 0.29) is 5.41 Å². The molecule has 0 saturated carbocycles. The van der Waals surface area contributed by atoms with Crippen molar-refractivity contribution in [2.24, 2.45) is 5.41 Å². The lowest BCUT2D eigenvalue weighted by Gasteiger charge is -2.33. The van der Waals surface area contributed by atoms with Crippen molar-refractivity contribution in [1.82, 2.24) is 0 Å². The second kappa shape index (κ2) is 8.85. The molecule has 1 aliphatic rings. The van der Waals surface area contributed by atoms with Gasteiger partial charge in [-0.2, -0.15) is 0 Å². The lowest BCUT2D eigenvalue weighted by Crippen LogP contribution is -2.19. The van der Waals surface area contributed by atoms with Crippen LogP contribution >= 0.6 is 0 Å². The Bertz CT molecular complexity index is 719. The summed E-state index contributed by atoms with van der Waals surface area (Å²) in [7, 11) is 0. The normalized spacial score (nSPS) is 19.2. The van der Waals surface area contributed by atoms with E-state index in [9.17, 15) is 0 Å². The second-order valence-electron chi connectivity index (χ2n) is 7.64. The Morgan fingerprint density at radius 1 is 1.08 bits per heavy atom. The Labute approximate surface area is 154 Å². The minimum Gasteiger partial charge on any atom is -0.0847 e. The van der Waals surface area contributed by atoms with Crippen molar-refractivity contribution in [3.8, 4) is 0 Å². The van der Waals surface area contributed by atoms with Crippen LogP contribution in [0.25, 0.3) is 5.57 Å². The summed E-state index contributed by atoms with van der Waals surface area (Å²) in [4.78, 5) is 0. The molecule has 0 atom stereocenters. The molecule has 0 N–H and O–H groups in total. The molecule has 2 rings (SSSR count). The third-order valence-electron chi connectivity index (χ3n) is 5.17. The highest BCUT2D eigenvalue weighted by Gasteiger charge is 2.26. The molecule has 25 heavy (non-hydrogen) atoms. The largest absolute Gasteiger partial charge is 0.0847 e. The van der Waals surface area contributed by atoms with E-state index >= 15 is 0 Å². The molecule has 0 heteroatoms. The fourth-order valence-electron chi connectivity index (χ4n) is 3.46. The van der Waals surface area contributed by atoms with E-state index in [2.05, 4.69) is 101 Å². The predicted octanol–water partition coefficient (Wildman–Crippen LogP) is 7.68. The molecule has 1 aromatic rings. The molecule has 0 unspecified atom stereocenters. The van der Waals surface area contributed by atoms with E-state index in [1.807, 2.05) is 0 Å². The first-order valence-corrected chi connectivity index (χ1v) is 9.39. The van der Waals surface area contributed by atoms with Crippen molar-refractivity contribution in [1.29, 1.82) is 0 Å². The Morgan fingerprint density at radius 2 is 1.80 bits per heavy atom. The Kier molecular flexibility index (Phi) is 6.82. The van der Waals surface area contributed by atoms with E-state index in [0.717, 1.165) is 0 Å². The highest BCUT2D eigenvalue weighted by molar-refractivity contribution is 5.76. The summed E-state index contributed by atoms with van der Waals surface area (Å²) in [6.45, 7) is 11.2. The van der Waals surface area contributed by atoms with Gasteiger partial charge in [-0.05, 0) is 62.2 Å². The summed E-state index contributed by atoms with van der Waals surface area (Å²) in [5.74, 6) is 0. The number of allylic oxidation sites excluding steroid dienone is 10. The summed E-state index contributed by atoms with van der Waals surface area (Å²) < 4.78 is 0. The van der Waals surface area contributed by atoms with Gasteiger partial charge in [0, 0.05) is 0 Å². The predicted molar refractivity (Wildman–Crippen MR) is 112 cm³/mol. The van der Waals surface area contributed by atoms with Crippen LogP contribution in [0, 0.1) is 5.41 Å². The van der Waals surface area contributed by atoms with Crippen LogP contribution in [0.5, 0.6) is 0 Å². The minimum atomic E-state index is 0.276.